The maximum Gasteiger partial charge on any atom is 0.338 e. The standard InChI is InChI=1S/C20H19ClN4O2/c1-3-27-19(26)14-7-9-15(10-8-14)23-20-22-12-11-18(25-20)24-17-6-4-5-16(21)13(17)2/h4-12H,3H2,1-2H3,(H2,22,23,24,25). The molecule has 2 N–H and O–H groups in total. The number of carbonyl (C=O) groups is 1. The predicted octanol–water partition coefficient (Wildman–Crippen LogP) is 5.10. The summed E-state index contributed by atoms with van der Waals surface area (Å²) in [7, 11) is 0. The van der Waals surface area contributed by atoms with Gasteiger partial charge in [-0.15, -0.1) is 0 Å². The second-order valence-electron chi connectivity index (χ2n) is 5.73. The van der Waals surface area contributed by atoms with E-state index in [4.69, 9.17) is 16.3 Å². The highest BCUT2D eigenvalue weighted by Gasteiger charge is 2.07. The zero-order valence-electron chi connectivity index (χ0n) is 15.0. The first kappa shape index (κ1) is 18.7. The van der Waals surface area contributed by atoms with Gasteiger partial charge in [0, 0.05) is 22.6 Å². The van der Waals surface area contributed by atoms with Crippen LogP contribution >= 0.6 is 11.6 Å². The van der Waals surface area contributed by atoms with E-state index in [2.05, 4.69) is 20.6 Å². The number of nitrogens with zero attached hydrogens (tertiary/aromatic N) is 2. The van der Waals surface area contributed by atoms with Crippen molar-refractivity contribution in [3.05, 3.63) is 70.9 Å². The molecular weight excluding hydrogens is 364 g/mol. The minimum Gasteiger partial charge on any atom is -0.462 e. The molecule has 0 bridgehead atoms. The summed E-state index contributed by atoms with van der Waals surface area (Å²) in [5.74, 6) is 0.730. The van der Waals surface area contributed by atoms with E-state index in [1.165, 1.54) is 0 Å². The Hall–Kier alpha value is -3.12. The quantitative estimate of drug-likeness (QED) is 0.577. The van der Waals surface area contributed by atoms with Crippen LogP contribution in [0.25, 0.3) is 0 Å². The van der Waals surface area contributed by atoms with Crippen LogP contribution < -0.4 is 10.6 Å². The molecule has 0 spiro atoms. The maximum absolute atomic E-state index is 11.7. The van der Waals surface area contributed by atoms with Gasteiger partial charge in [0.15, 0.2) is 0 Å². The summed E-state index contributed by atoms with van der Waals surface area (Å²) < 4.78 is 4.97. The van der Waals surface area contributed by atoms with Crippen LogP contribution in [-0.4, -0.2) is 22.5 Å². The first-order valence-corrected chi connectivity index (χ1v) is 8.84. The Morgan fingerprint density at radius 1 is 1.11 bits per heavy atom. The zero-order chi connectivity index (χ0) is 19.2. The SMILES string of the molecule is CCOC(=O)c1ccc(Nc2nccc(Nc3cccc(Cl)c3C)n2)cc1. The Labute approximate surface area is 162 Å². The summed E-state index contributed by atoms with van der Waals surface area (Å²) >= 11 is 6.16. The largest absolute Gasteiger partial charge is 0.462 e. The Morgan fingerprint density at radius 3 is 2.63 bits per heavy atom. The lowest BCUT2D eigenvalue weighted by Gasteiger charge is -2.11. The van der Waals surface area contributed by atoms with Gasteiger partial charge in [-0.05, 0) is 61.9 Å². The van der Waals surface area contributed by atoms with E-state index < -0.39 is 0 Å². The molecule has 0 atom stereocenters. The number of anilines is 4. The van der Waals surface area contributed by atoms with Gasteiger partial charge in [0.25, 0.3) is 0 Å². The molecule has 0 saturated carbocycles. The number of halogens is 1. The van der Waals surface area contributed by atoms with Crippen LogP contribution in [-0.2, 0) is 4.74 Å². The first-order chi connectivity index (χ1) is 13.1. The highest BCUT2D eigenvalue weighted by Crippen LogP contribution is 2.26. The van der Waals surface area contributed by atoms with Crippen molar-refractivity contribution in [2.45, 2.75) is 13.8 Å². The van der Waals surface area contributed by atoms with E-state index >= 15 is 0 Å². The molecule has 3 rings (SSSR count). The molecule has 6 nitrogen and oxygen atoms in total. The summed E-state index contributed by atoms with van der Waals surface area (Å²) in [5, 5.41) is 7.04. The van der Waals surface area contributed by atoms with Gasteiger partial charge in [-0.25, -0.2) is 9.78 Å². The second kappa shape index (κ2) is 8.51. The maximum atomic E-state index is 11.7. The highest BCUT2D eigenvalue weighted by atomic mass is 35.5. The summed E-state index contributed by atoms with van der Waals surface area (Å²) in [4.78, 5) is 20.4. The van der Waals surface area contributed by atoms with E-state index in [1.807, 2.05) is 25.1 Å². The summed E-state index contributed by atoms with van der Waals surface area (Å²) in [5.41, 5.74) is 3.09. The number of benzene rings is 2. The molecule has 0 aliphatic carbocycles. The van der Waals surface area contributed by atoms with Crippen LogP contribution in [0.5, 0.6) is 0 Å². The number of hydrogen-bond donors (Lipinski definition) is 2. The fourth-order valence-corrected chi connectivity index (χ4v) is 2.58. The van der Waals surface area contributed by atoms with Gasteiger partial charge in [-0.3, -0.25) is 0 Å². The third kappa shape index (κ3) is 4.74. The molecule has 0 radical (unpaired) electrons. The smallest absolute Gasteiger partial charge is 0.338 e. The normalized spacial score (nSPS) is 10.3. The van der Waals surface area contributed by atoms with Crippen molar-refractivity contribution in [2.75, 3.05) is 17.2 Å². The van der Waals surface area contributed by atoms with Crippen molar-refractivity contribution in [3.8, 4) is 0 Å². The van der Waals surface area contributed by atoms with Crippen molar-refractivity contribution >= 4 is 40.7 Å². The topological polar surface area (TPSA) is 76.1 Å². The number of hydrogen-bond acceptors (Lipinski definition) is 6. The molecule has 2 aromatic carbocycles. The fraction of sp³-hybridized carbons (Fsp3) is 0.150. The van der Waals surface area contributed by atoms with Crippen molar-refractivity contribution in [1.29, 1.82) is 0 Å². The fourth-order valence-electron chi connectivity index (χ4n) is 2.40. The van der Waals surface area contributed by atoms with Crippen molar-refractivity contribution in [1.82, 2.24) is 9.97 Å². The molecular formula is C20H19ClN4O2. The first-order valence-electron chi connectivity index (χ1n) is 8.46. The minimum absolute atomic E-state index is 0.344. The number of carbonyl (C=O) groups excluding carboxylic acids is 1. The van der Waals surface area contributed by atoms with E-state index in [0.29, 0.717) is 29.0 Å². The van der Waals surface area contributed by atoms with Gasteiger partial charge in [0.1, 0.15) is 5.82 Å². The van der Waals surface area contributed by atoms with Gasteiger partial charge >= 0.3 is 5.97 Å². The number of nitrogens with one attached hydrogen (secondary N) is 2. The van der Waals surface area contributed by atoms with E-state index in [1.54, 1.807) is 43.5 Å². The molecule has 0 aliphatic heterocycles. The molecule has 0 unspecified atom stereocenters. The minimum atomic E-state index is -0.344. The van der Waals surface area contributed by atoms with Gasteiger partial charge in [0.2, 0.25) is 5.95 Å². The predicted molar refractivity (Wildman–Crippen MR) is 107 cm³/mol. The molecule has 1 aromatic heterocycles. The van der Waals surface area contributed by atoms with E-state index in [0.717, 1.165) is 16.9 Å². The lowest BCUT2D eigenvalue weighted by molar-refractivity contribution is 0.0526. The molecule has 1 heterocycles. The number of esters is 1. The average Bonchev–Trinajstić information content (AvgIpc) is 2.67. The summed E-state index contributed by atoms with van der Waals surface area (Å²) in [6.45, 7) is 4.06. The summed E-state index contributed by atoms with van der Waals surface area (Å²) in [6.07, 6.45) is 1.66. The van der Waals surface area contributed by atoms with Crippen LogP contribution in [0.2, 0.25) is 5.02 Å². The molecule has 0 amide bonds. The Morgan fingerprint density at radius 2 is 1.89 bits per heavy atom. The van der Waals surface area contributed by atoms with E-state index in [-0.39, 0.29) is 5.97 Å². The van der Waals surface area contributed by atoms with Crippen LogP contribution in [0, 0.1) is 6.92 Å². The molecule has 27 heavy (non-hydrogen) atoms. The van der Waals surface area contributed by atoms with Gasteiger partial charge in [0.05, 0.1) is 12.2 Å². The van der Waals surface area contributed by atoms with Crippen LogP contribution in [0.15, 0.2) is 54.7 Å². The molecule has 0 aliphatic rings. The summed E-state index contributed by atoms with van der Waals surface area (Å²) in [6, 6.07) is 14.4. The van der Waals surface area contributed by atoms with Crippen LogP contribution in [0.1, 0.15) is 22.8 Å². The molecule has 0 saturated heterocycles. The number of ether oxygens (including phenoxy) is 1. The van der Waals surface area contributed by atoms with Crippen molar-refractivity contribution in [2.24, 2.45) is 0 Å². The number of aromatic nitrogens is 2. The molecule has 0 fully saturated rings. The van der Waals surface area contributed by atoms with Crippen LogP contribution in [0.4, 0.5) is 23.1 Å². The monoisotopic (exact) mass is 382 g/mol. The van der Waals surface area contributed by atoms with Crippen molar-refractivity contribution in [3.63, 3.8) is 0 Å². The third-order valence-corrected chi connectivity index (χ3v) is 4.25. The lowest BCUT2D eigenvalue weighted by atomic mass is 10.2. The molecule has 7 heteroatoms. The average molecular weight is 383 g/mol. The Bertz CT molecular complexity index is 945. The molecule has 138 valence electrons. The molecule has 3 aromatic rings. The van der Waals surface area contributed by atoms with Gasteiger partial charge in [-0.2, -0.15) is 4.98 Å². The zero-order valence-corrected chi connectivity index (χ0v) is 15.7. The second-order valence-corrected chi connectivity index (χ2v) is 6.13. The van der Waals surface area contributed by atoms with E-state index in [9.17, 15) is 4.79 Å². The van der Waals surface area contributed by atoms with Crippen molar-refractivity contribution < 1.29 is 9.53 Å². The van der Waals surface area contributed by atoms with Crippen LogP contribution in [0.3, 0.4) is 0 Å². The Balaban J connectivity index is 1.72. The Kier molecular flexibility index (Phi) is 5.88. The lowest BCUT2D eigenvalue weighted by Crippen LogP contribution is -2.05. The number of rotatable bonds is 6. The van der Waals surface area contributed by atoms with Gasteiger partial charge < -0.3 is 15.4 Å². The van der Waals surface area contributed by atoms with Gasteiger partial charge in [-0.1, -0.05) is 17.7 Å². The third-order valence-electron chi connectivity index (χ3n) is 3.84. The highest BCUT2D eigenvalue weighted by molar-refractivity contribution is 6.31.